The maximum Gasteiger partial charge on any atom is 0.0227 e. The molecule has 1 aliphatic rings. The Hall–Kier alpha value is -0.920. The lowest BCUT2D eigenvalue weighted by molar-refractivity contribution is 1.45. The van der Waals surface area contributed by atoms with Crippen LogP contribution < -0.4 is 0 Å². The van der Waals surface area contributed by atoms with Crippen molar-refractivity contribution in [2.75, 3.05) is 0 Å². The van der Waals surface area contributed by atoms with Crippen LogP contribution >= 0.6 is 0 Å². The van der Waals surface area contributed by atoms with Gasteiger partial charge in [-0.05, 0) is 13.8 Å². The third-order valence-corrected chi connectivity index (χ3v) is 0.538. The second kappa shape index (κ2) is 11.8. The fourth-order valence-corrected chi connectivity index (χ4v) is 0.304. The molecule has 0 aliphatic carbocycles. The molecule has 0 atom stereocenters. The number of hydrogen-bond donors (Lipinski definition) is 1. The first kappa shape index (κ1) is 12.7. The molecule has 0 saturated heterocycles. The van der Waals surface area contributed by atoms with Crippen LogP contribution in [-0.4, -0.2) is 11.9 Å². The fourth-order valence-electron chi connectivity index (χ4n) is 0.304. The molecule has 1 rings (SSSR count). The molecule has 1 heterocycles. The van der Waals surface area contributed by atoms with E-state index in [0.29, 0.717) is 5.71 Å². The first-order valence-electron chi connectivity index (χ1n) is 3.92. The highest BCUT2D eigenvalue weighted by Gasteiger charge is 1.73. The van der Waals surface area contributed by atoms with Crippen molar-refractivity contribution in [2.45, 2.75) is 34.1 Å². The van der Waals surface area contributed by atoms with E-state index in [0.717, 1.165) is 6.42 Å². The zero-order valence-electron chi connectivity index (χ0n) is 7.89. The lowest BCUT2D eigenvalue weighted by Crippen LogP contribution is -1.67. The van der Waals surface area contributed by atoms with Crippen LogP contribution in [-0.2, 0) is 0 Å². The molecule has 0 saturated carbocycles. The van der Waals surface area contributed by atoms with E-state index < -0.39 is 0 Å². The zero-order valence-corrected chi connectivity index (χ0v) is 7.89. The molecule has 2 nitrogen and oxygen atoms in total. The summed E-state index contributed by atoms with van der Waals surface area (Å²) in [6, 6.07) is 0. The van der Waals surface area contributed by atoms with E-state index in [1.165, 1.54) is 0 Å². The minimum atomic E-state index is 0.667. The zero-order chi connectivity index (χ0) is 9.11. The van der Waals surface area contributed by atoms with E-state index in [4.69, 9.17) is 5.41 Å². The van der Waals surface area contributed by atoms with Crippen LogP contribution in [0.4, 0.5) is 0 Å². The summed E-state index contributed by atoms with van der Waals surface area (Å²) in [6.07, 6.45) is 6.72. The van der Waals surface area contributed by atoms with Gasteiger partial charge in [-0.1, -0.05) is 19.9 Å². The largest absolute Gasteiger partial charge is 0.310 e. The molecule has 0 aromatic heterocycles. The maximum atomic E-state index is 6.50. The lowest BCUT2D eigenvalue weighted by atomic mass is 10.5. The Morgan fingerprint density at radius 3 is 1.91 bits per heavy atom. The monoisotopic (exact) mass is 154 g/mol. The summed E-state index contributed by atoms with van der Waals surface area (Å²) in [5.74, 6) is 0. The van der Waals surface area contributed by atoms with Crippen molar-refractivity contribution < 1.29 is 0 Å². The van der Waals surface area contributed by atoms with E-state index in [9.17, 15) is 0 Å². The van der Waals surface area contributed by atoms with Crippen molar-refractivity contribution in [3.05, 3.63) is 12.3 Å². The highest BCUT2D eigenvalue weighted by atomic mass is 14.7. The molecule has 2 heteroatoms. The average Bonchev–Trinajstić information content (AvgIpc) is 2.44. The maximum absolute atomic E-state index is 6.50. The van der Waals surface area contributed by atoms with Crippen LogP contribution in [0.3, 0.4) is 0 Å². The molecule has 0 aromatic rings. The molecule has 0 spiro atoms. The molecule has 0 aromatic carbocycles. The van der Waals surface area contributed by atoms with Crippen LogP contribution in [0, 0.1) is 5.41 Å². The smallest absolute Gasteiger partial charge is 0.0227 e. The fraction of sp³-hybridized carbons (Fsp3) is 0.556. The molecule has 0 fully saturated rings. The minimum Gasteiger partial charge on any atom is -0.310 e. The average molecular weight is 154 g/mol. The number of nitrogens with one attached hydrogen (secondary N) is 1. The van der Waals surface area contributed by atoms with Crippen molar-refractivity contribution in [2.24, 2.45) is 4.99 Å². The molecule has 0 bridgehead atoms. The number of allylic oxidation sites excluding steroid dienone is 1. The Morgan fingerprint density at radius 1 is 1.36 bits per heavy atom. The first-order valence-corrected chi connectivity index (χ1v) is 3.92. The molecule has 0 radical (unpaired) electrons. The Balaban J connectivity index is 0. The number of rotatable bonds is 0. The highest BCUT2D eigenvalue weighted by Crippen LogP contribution is 1.86. The van der Waals surface area contributed by atoms with Gasteiger partial charge in [0.1, 0.15) is 0 Å². The summed E-state index contributed by atoms with van der Waals surface area (Å²) < 4.78 is 0. The molecular weight excluding hydrogens is 136 g/mol. The molecule has 0 unspecified atom stereocenters. The van der Waals surface area contributed by atoms with Crippen LogP contribution in [0.25, 0.3) is 0 Å². The molecule has 1 N–H and O–H groups in total. The predicted molar refractivity (Wildman–Crippen MR) is 52.7 cm³/mol. The molecular formula is C9H18N2. The van der Waals surface area contributed by atoms with Crippen molar-refractivity contribution >= 4 is 11.9 Å². The molecule has 11 heavy (non-hydrogen) atoms. The van der Waals surface area contributed by atoms with E-state index in [1.807, 2.05) is 26.1 Å². The van der Waals surface area contributed by atoms with Crippen molar-refractivity contribution in [1.29, 1.82) is 5.41 Å². The molecule has 64 valence electrons. The highest BCUT2D eigenvalue weighted by molar-refractivity contribution is 5.75. The van der Waals surface area contributed by atoms with Gasteiger partial charge in [0.2, 0.25) is 0 Å². The predicted octanol–water partition coefficient (Wildman–Crippen LogP) is 3.05. The number of nitrogens with zero attached hydrogens (tertiary/aromatic N) is 1. The standard InChI is InChI=1S/C4H5N.C3H7N.C2H6/c1-2-4-5-3-1;1-3(2)4;1-2/h1,3-4H,2H2;4H,1-2H3;1-2H3. The summed E-state index contributed by atoms with van der Waals surface area (Å²) in [6.45, 7) is 7.50. The molecule has 0 amide bonds. The van der Waals surface area contributed by atoms with Gasteiger partial charge >= 0.3 is 0 Å². The minimum absolute atomic E-state index is 0.667. The van der Waals surface area contributed by atoms with Crippen LogP contribution in [0.15, 0.2) is 17.3 Å². The van der Waals surface area contributed by atoms with Gasteiger partial charge in [0.15, 0.2) is 0 Å². The van der Waals surface area contributed by atoms with Gasteiger partial charge in [-0.15, -0.1) is 0 Å². The van der Waals surface area contributed by atoms with E-state index in [2.05, 4.69) is 4.99 Å². The summed E-state index contributed by atoms with van der Waals surface area (Å²) in [4.78, 5) is 3.78. The lowest BCUT2D eigenvalue weighted by Gasteiger charge is -1.63. The van der Waals surface area contributed by atoms with Gasteiger partial charge < -0.3 is 5.41 Å². The van der Waals surface area contributed by atoms with E-state index in [-0.39, 0.29) is 0 Å². The van der Waals surface area contributed by atoms with Gasteiger partial charge in [-0.2, -0.15) is 0 Å². The van der Waals surface area contributed by atoms with Gasteiger partial charge in [-0.3, -0.25) is 4.99 Å². The quantitative estimate of drug-likeness (QED) is 0.521. The Labute approximate surface area is 69.6 Å². The van der Waals surface area contributed by atoms with Gasteiger partial charge in [0, 0.05) is 24.5 Å². The van der Waals surface area contributed by atoms with Crippen molar-refractivity contribution in [1.82, 2.24) is 0 Å². The Morgan fingerprint density at radius 2 is 1.82 bits per heavy atom. The second-order valence-electron chi connectivity index (χ2n) is 1.95. The summed E-state index contributed by atoms with van der Waals surface area (Å²) in [7, 11) is 0. The molecule has 1 aliphatic heterocycles. The van der Waals surface area contributed by atoms with Crippen molar-refractivity contribution in [3.63, 3.8) is 0 Å². The first-order chi connectivity index (χ1) is 5.23. The third-order valence-electron chi connectivity index (χ3n) is 0.538. The third kappa shape index (κ3) is 27.3. The van der Waals surface area contributed by atoms with Crippen LogP contribution in [0.5, 0.6) is 0 Å². The number of hydrogen-bond acceptors (Lipinski definition) is 2. The second-order valence-corrected chi connectivity index (χ2v) is 1.95. The van der Waals surface area contributed by atoms with Crippen LogP contribution in [0.1, 0.15) is 34.1 Å². The van der Waals surface area contributed by atoms with Gasteiger partial charge in [0.05, 0.1) is 0 Å². The van der Waals surface area contributed by atoms with E-state index in [1.54, 1.807) is 20.0 Å². The summed E-state index contributed by atoms with van der Waals surface area (Å²) >= 11 is 0. The summed E-state index contributed by atoms with van der Waals surface area (Å²) in [5, 5.41) is 6.50. The Kier molecular flexibility index (Phi) is 13.7. The normalized spacial score (nSPS) is 10.9. The van der Waals surface area contributed by atoms with Gasteiger partial charge in [0.25, 0.3) is 0 Å². The number of aliphatic imine (C=N–C) groups is 1. The van der Waals surface area contributed by atoms with Crippen molar-refractivity contribution in [3.8, 4) is 0 Å². The van der Waals surface area contributed by atoms with Gasteiger partial charge in [-0.25, -0.2) is 0 Å². The summed E-state index contributed by atoms with van der Waals surface area (Å²) in [5.41, 5.74) is 0.667. The van der Waals surface area contributed by atoms with E-state index >= 15 is 0 Å². The van der Waals surface area contributed by atoms with Crippen LogP contribution in [0.2, 0.25) is 0 Å². The SMILES string of the molecule is C1=CN=CC1.CC.CC(C)=N. The topological polar surface area (TPSA) is 36.2 Å². The Bertz CT molecular complexity index is 120.